The monoisotopic (exact) mass is 707 g/mol. The first kappa shape index (κ1) is 34.4. The third-order valence-electron chi connectivity index (χ3n) is 10.8. The zero-order chi connectivity index (χ0) is 36.6. The van der Waals surface area contributed by atoms with E-state index < -0.39 is 5.97 Å². The molecule has 11 heteroatoms. The number of benzene rings is 3. The molecule has 0 unspecified atom stereocenters. The van der Waals surface area contributed by atoms with Crippen LogP contribution in [0, 0.1) is 31.1 Å². The molecule has 4 N–H and O–H groups in total. The smallest absolute Gasteiger partial charge is 0.306 e. The molecule has 2 fully saturated rings. The first-order valence-corrected chi connectivity index (χ1v) is 18.1. The van der Waals surface area contributed by atoms with Gasteiger partial charge in [-0.15, -0.1) is 0 Å². The van der Waals surface area contributed by atoms with E-state index in [1.807, 2.05) is 48.7 Å². The van der Waals surface area contributed by atoms with E-state index in [4.69, 9.17) is 14.4 Å². The average molecular weight is 708 g/mol. The van der Waals surface area contributed by atoms with Crippen LogP contribution in [-0.4, -0.2) is 61.3 Å². The molecular weight excluding hydrogens is 667 g/mol. The number of β-amino-alcohol motifs (C(OH)–C–C–N with tert-alkyl or cyclic N) is 1. The summed E-state index contributed by atoms with van der Waals surface area (Å²) < 4.78 is 6.28. The van der Waals surface area contributed by atoms with Crippen LogP contribution in [0.2, 0.25) is 0 Å². The van der Waals surface area contributed by atoms with Crippen molar-refractivity contribution in [3.8, 4) is 28.7 Å². The van der Waals surface area contributed by atoms with E-state index in [1.54, 1.807) is 6.20 Å². The van der Waals surface area contributed by atoms with Crippen molar-refractivity contribution in [1.82, 2.24) is 25.2 Å². The molecule has 8 rings (SSSR count). The van der Waals surface area contributed by atoms with Crippen LogP contribution in [0.5, 0.6) is 0 Å². The fourth-order valence-corrected chi connectivity index (χ4v) is 7.89. The number of carboxylic acids is 1. The number of nitrogens with zero attached hydrogens (tertiary/aromatic N) is 5. The minimum atomic E-state index is -0.738. The van der Waals surface area contributed by atoms with Crippen molar-refractivity contribution in [3.63, 3.8) is 0 Å². The Kier molecular flexibility index (Phi) is 9.35. The van der Waals surface area contributed by atoms with E-state index in [1.165, 1.54) is 0 Å². The molecule has 0 radical (unpaired) electrons. The predicted molar refractivity (Wildman–Crippen MR) is 203 cm³/mol. The molecule has 1 saturated carbocycles. The Bertz CT molecular complexity index is 2400. The van der Waals surface area contributed by atoms with Crippen LogP contribution in [0.3, 0.4) is 0 Å². The number of aliphatic carboxylic acids is 1. The lowest BCUT2D eigenvalue weighted by Gasteiger charge is -2.17. The average Bonchev–Trinajstić information content (AvgIpc) is 3.92. The summed E-state index contributed by atoms with van der Waals surface area (Å²) in [4.78, 5) is 28.0. The second kappa shape index (κ2) is 14.4. The largest absolute Gasteiger partial charge is 0.481 e. The minimum absolute atomic E-state index is 0.127. The Balaban J connectivity index is 1.05. The molecule has 3 atom stereocenters. The number of hydrogen-bond acceptors (Lipinski definition) is 10. The molecule has 4 heterocycles. The molecule has 3 aromatic heterocycles. The Labute approximate surface area is 307 Å². The highest BCUT2D eigenvalue weighted by molar-refractivity contribution is 5.91. The molecule has 6 aromatic rings. The summed E-state index contributed by atoms with van der Waals surface area (Å²) in [7, 11) is 0. The van der Waals surface area contributed by atoms with E-state index in [0.29, 0.717) is 54.3 Å². The van der Waals surface area contributed by atoms with Gasteiger partial charge in [-0.1, -0.05) is 24.3 Å². The minimum Gasteiger partial charge on any atom is -0.481 e. The van der Waals surface area contributed by atoms with Crippen LogP contribution >= 0.6 is 0 Å². The lowest BCUT2D eigenvalue weighted by molar-refractivity contribution is -0.141. The lowest BCUT2D eigenvalue weighted by atomic mass is 9.93. The third-order valence-corrected chi connectivity index (χ3v) is 10.8. The van der Waals surface area contributed by atoms with Crippen LogP contribution in [0.25, 0.3) is 44.6 Å². The molecule has 2 aliphatic rings. The fraction of sp³-hybridized carbons (Fsp3) is 0.310. The molecule has 268 valence electrons. The molecule has 0 amide bonds. The number of aliphatic hydroxyl groups excluding tert-OH is 1. The van der Waals surface area contributed by atoms with Crippen molar-refractivity contribution in [2.24, 2.45) is 5.92 Å². The van der Waals surface area contributed by atoms with Gasteiger partial charge < -0.3 is 25.3 Å². The Morgan fingerprint density at radius 3 is 2.58 bits per heavy atom. The number of carboxylic acid groups (broad SMARTS) is 1. The maximum Gasteiger partial charge on any atom is 0.306 e. The predicted octanol–water partition coefficient (Wildman–Crippen LogP) is 7.25. The number of pyridine rings is 2. The highest BCUT2D eigenvalue weighted by atomic mass is 16.4. The van der Waals surface area contributed by atoms with E-state index >= 15 is 0 Å². The second-order valence-electron chi connectivity index (χ2n) is 14.4. The number of aromatic nitrogens is 3. The second-order valence-corrected chi connectivity index (χ2v) is 14.4. The molecule has 3 aromatic carbocycles. The number of fused-ring (bicyclic) bond motifs is 2. The molecule has 1 saturated heterocycles. The van der Waals surface area contributed by atoms with E-state index in [-0.39, 0.29) is 18.1 Å². The Morgan fingerprint density at radius 2 is 1.81 bits per heavy atom. The lowest BCUT2D eigenvalue weighted by Crippen LogP contribution is -2.26. The molecular formula is C42H41N7O4. The van der Waals surface area contributed by atoms with Gasteiger partial charge in [-0.25, -0.2) is 9.97 Å². The van der Waals surface area contributed by atoms with Gasteiger partial charge in [-0.3, -0.25) is 14.7 Å². The number of nitriles is 1. The molecule has 11 nitrogen and oxygen atoms in total. The van der Waals surface area contributed by atoms with Crippen LogP contribution < -0.4 is 10.6 Å². The number of aliphatic hydroxyl groups is 1. The first-order valence-electron chi connectivity index (χ1n) is 18.1. The maximum atomic E-state index is 11.4. The summed E-state index contributed by atoms with van der Waals surface area (Å²) in [6.45, 7) is 6.99. The van der Waals surface area contributed by atoms with Crippen molar-refractivity contribution in [3.05, 3.63) is 101 Å². The quantitative estimate of drug-likeness (QED) is 0.114. The topological polar surface area (TPSA) is 160 Å². The van der Waals surface area contributed by atoms with Crippen molar-refractivity contribution in [1.29, 1.82) is 5.26 Å². The summed E-state index contributed by atoms with van der Waals surface area (Å²) in [5, 5.41) is 37.3. The number of nitrogens with one attached hydrogen (secondary N) is 2. The molecule has 0 bridgehead atoms. The molecule has 1 aliphatic carbocycles. The summed E-state index contributed by atoms with van der Waals surface area (Å²) in [6.07, 6.45) is 6.35. The summed E-state index contributed by atoms with van der Waals surface area (Å²) in [6, 6.07) is 22.5. The number of carbonyl (C=O) groups is 1. The van der Waals surface area contributed by atoms with Gasteiger partial charge >= 0.3 is 5.97 Å². The number of rotatable bonds is 10. The van der Waals surface area contributed by atoms with Gasteiger partial charge in [-0.05, 0) is 109 Å². The van der Waals surface area contributed by atoms with Crippen molar-refractivity contribution in [2.45, 2.75) is 64.8 Å². The maximum absolute atomic E-state index is 11.4. The highest BCUT2D eigenvalue weighted by Crippen LogP contribution is 2.38. The Morgan fingerprint density at radius 1 is 1.00 bits per heavy atom. The number of hydrogen-bond donors (Lipinski definition) is 4. The molecule has 53 heavy (non-hydrogen) atoms. The van der Waals surface area contributed by atoms with Gasteiger partial charge in [0.2, 0.25) is 5.89 Å². The van der Waals surface area contributed by atoms with Gasteiger partial charge in [-0.2, -0.15) is 5.26 Å². The number of anilines is 2. The van der Waals surface area contributed by atoms with Gasteiger partial charge in [0.05, 0.1) is 17.6 Å². The van der Waals surface area contributed by atoms with Crippen LogP contribution in [0.15, 0.2) is 77.5 Å². The fourth-order valence-electron chi connectivity index (χ4n) is 7.89. The van der Waals surface area contributed by atoms with Gasteiger partial charge in [0, 0.05) is 61.3 Å². The van der Waals surface area contributed by atoms with Gasteiger partial charge in [0.1, 0.15) is 17.1 Å². The first-order chi connectivity index (χ1) is 25.7. The normalized spacial score (nSPS) is 18.9. The number of likely N-dealkylation sites (tertiary alicyclic amines) is 1. The molecule has 1 aliphatic heterocycles. The summed E-state index contributed by atoms with van der Waals surface area (Å²) >= 11 is 0. The van der Waals surface area contributed by atoms with Gasteiger partial charge in [0.15, 0.2) is 11.4 Å². The standard InChI is InChI=1S/C42H41N7O4/c1-24-33(5-3-7-35(24)41-48-37-17-26(15-30(19-43)39(37)53-41)20-45-31-10-9-29(18-31)42(51)52)34-6-4-8-36(25(34)2)47-40-38-28(11-13-44-40)16-27(21-46-38)22-49-14-12-32(50)23-49/h3-8,11,13,15-17,21,29,31-32,45,50H,9-10,12,14,18,20,22-23H2,1-2H3,(H,44,47)(H,51,52)/t29-,31+,32+/m0/s1. The van der Waals surface area contributed by atoms with Crippen LogP contribution in [0.1, 0.15) is 53.5 Å². The molecule has 0 spiro atoms. The summed E-state index contributed by atoms with van der Waals surface area (Å²) in [5.41, 5.74) is 10.2. The van der Waals surface area contributed by atoms with E-state index in [0.717, 1.165) is 81.5 Å². The van der Waals surface area contributed by atoms with Gasteiger partial charge in [0.25, 0.3) is 0 Å². The third kappa shape index (κ3) is 6.97. The number of oxazole rings is 1. The summed E-state index contributed by atoms with van der Waals surface area (Å²) in [5.74, 6) is 0.0786. The zero-order valence-electron chi connectivity index (χ0n) is 29.8. The SMILES string of the molecule is Cc1c(Nc2nccc3cc(CN4CC[C@@H](O)C4)cnc23)cccc1-c1cccc(-c2nc3cc(CN[C@@H]4CC[C@H](C(=O)O)C4)cc(C#N)c3o2)c1C. The highest BCUT2D eigenvalue weighted by Gasteiger charge is 2.29. The zero-order valence-corrected chi connectivity index (χ0v) is 29.8. The van der Waals surface area contributed by atoms with Crippen molar-refractivity contribution < 1.29 is 19.4 Å². The van der Waals surface area contributed by atoms with Crippen LogP contribution in [-0.2, 0) is 17.9 Å². The van der Waals surface area contributed by atoms with Crippen molar-refractivity contribution in [2.75, 3.05) is 18.4 Å². The Hall–Kier alpha value is -5.67. The van der Waals surface area contributed by atoms with E-state index in [9.17, 15) is 20.3 Å². The van der Waals surface area contributed by atoms with E-state index in [2.05, 4.69) is 58.6 Å². The van der Waals surface area contributed by atoms with Crippen LogP contribution in [0.4, 0.5) is 11.5 Å². The van der Waals surface area contributed by atoms with Crippen molar-refractivity contribution >= 4 is 39.5 Å².